The maximum Gasteiger partial charge on any atom is 0.416 e. The first-order valence-corrected chi connectivity index (χ1v) is 16.2. The van der Waals surface area contributed by atoms with Crippen LogP contribution in [0, 0.1) is 34.9 Å². The number of phenolic OH excluding ortho intramolecular Hbond substituents is 1. The molecule has 6 atom stereocenters. The van der Waals surface area contributed by atoms with Crippen LogP contribution in [0.4, 0.5) is 42.1 Å². The summed E-state index contributed by atoms with van der Waals surface area (Å²) >= 11 is 6.01. The quantitative estimate of drug-likeness (QED) is 0.167. The minimum absolute atomic E-state index is 0.0356. The number of phenols is 1. The molecule has 52 heavy (non-hydrogen) atoms. The number of rotatable bonds is 4. The van der Waals surface area contributed by atoms with Crippen molar-refractivity contribution in [3.8, 4) is 11.5 Å². The number of amides is 4. The molecule has 4 aliphatic rings. The molecular formula is C36H26ClF7N2O6. The predicted octanol–water partition coefficient (Wildman–Crippen LogP) is 7.67. The number of halogens is 8. The molecule has 6 unspecified atom stereocenters. The second kappa shape index (κ2) is 11.8. The van der Waals surface area contributed by atoms with Crippen LogP contribution in [0.2, 0.25) is 5.02 Å². The van der Waals surface area contributed by atoms with Gasteiger partial charge in [-0.15, -0.1) is 0 Å². The van der Waals surface area contributed by atoms with Gasteiger partial charge in [-0.05, 0) is 68.1 Å². The third-order valence-electron chi connectivity index (χ3n) is 10.8. The average molecular weight is 751 g/mol. The van der Waals surface area contributed by atoms with Crippen molar-refractivity contribution in [3.63, 3.8) is 0 Å². The van der Waals surface area contributed by atoms with Crippen LogP contribution in [0.3, 0.4) is 0 Å². The molecule has 3 aromatic carbocycles. The molecule has 1 saturated carbocycles. The molecule has 7 rings (SSSR count). The Kier molecular flexibility index (Phi) is 8.05. The molecule has 3 fully saturated rings. The second-order valence-corrected chi connectivity index (χ2v) is 13.9. The Labute approximate surface area is 295 Å². The number of imide groups is 2. The molecule has 2 aliphatic carbocycles. The maximum atomic E-state index is 14.5. The fraction of sp³-hybridized carbons (Fsp3) is 0.333. The van der Waals surface area contributed by atoms with Gasteiger partial charge in [0.15, 0.2) is 0 Å². The molecule has 0 aromatic heterocycles. The van der Waals surface area contributed by atoms with Crippen LogP contribution in [0.5, 0.6) is 11.5 Å². The van der Waals surface area contributed by atoms with Crippen LogP contribution >= 0.6 is 11.6 Å². The first kappa shape index (κ1) is 35.5. The standard InChI is InChI=1S/C36H26ClF7N2O6/c1-34-24(31(49)46(33(34)51)17-3-8-26(38)25(37)12-17)14-23-20(29(34)21-5-4-19(47)13-27(21)52-2)6-7-22-28(23)32(50)45(30(22)48)18-10-15(35(39,40)41)9-16(11-18)36(42,43)44/h3-6,8-13,22-24,28-29,47H,7,14H2,1-2H3. The second-order valence-electron chi connectivity index (χ2n) is 13.5. The molecule has 1 N–H and O–H groups in total. The van der Waals surface area contributed by atoms with E-state index in [0.717, 1.165) is 17.0 Å². The highest BCUT2D eigenvalue weighted by Gasteiger charge is 2.68. The number of fused-ring (bicyclic) bond motifs is 4. The van der Waals surface area contributed by atoms with E-state index in [1.54, 1.807) is 13.0 Å². The Balaban J connectivity index is 1.37. The molecular weight excluding hydrogens is 725 g/mol. The first-order chi connectivity index (χ1) is 24.3. The summed E-state index contributed by atoms with van der Waals surface area (Å²) in [6.45, 7) is 1.54. The third-order valence-corrected chi connectivity index (χ3v) is 11.1. The average Bonchev–Trinajstić information content (AvgIpc) is 3.44. The zero-order valence-corrected chi connectivity index (χ0v) is 27.7. The van der Waals surface area contributed by atoms with Crippen molar-refractivity contribution in [1.82, 2.24) is 0 Å². The SMILES string of the molecule is COc1cc(O)ccc1C1C2=CCC3C(=O)N(c4cc(C(F)(F)F)cc(C(F)(F)F)c4)C(=O)C3C2CC2C(=O)N(c3ccc(F)c(Cl)c3)C(=O)C21C. The molecule has 0 radical (unpaired) electrons. The lowest BCUT2D eigenvalue weighted by molar-refractivity contribution is -0.143. The van der Waals surface area contributed by atoms with E-state index < -0.39 is 93.6 Å². The molecule has 2 heterocycles. The zero-order valence-electron chi connectivity index (χ0n) is 27.0. The fourth-order valence-electron chi connectivity index (χ4n) is 8.49. The summed E-state index contributed by atoms with van der Waals surface area (Å²) in [6, 6.07) is 7.86. The summed E-state index contributed by atoms with van der Waals surface area (Å²) in [4.78, 5) is 58.1. The van der Waals surface area contributed by atoms with Crippen molar-refractivity contribution in [2.24, 2.45) is 29.1 Å². The van der Waals surface area contributed by atoms with Crippen LogP contribution in [0.15, 0.2) is 66.2 Å². The van der Waals surface area contributed by atoms with Crippen molar-refractivity contribution in [3.05, 3.63) is 93.8 Å². The Hall–Kier alpha value is -4.92. The van der Waals surface area contributed by atoms with E-state index in [1.807, 2.05) is 0 Å². The molecule has 8 nitrogen and oxygen atoms in total. The zero-order chi connectivity index (χ0) is 37.8. The van der Waals surface area contributed by atoms with E-state index >= 15 is 0 Å². The first-order valence-electron chi connectivity index (χ1n) is 15.9. The van der Waals surface area contributed by atoms with Gasteiger partial charge in [0, 0.05) is 17.5 Å². The van der Waals surface area contributed by atoms with E-state index in [2.05, 4.69) is 0 Å². The van der Waals surface area contributed by atoms with Gasteiger partial charge in [-0.2, -0.15) is 26.3 Å². The number of carbonyl (C=O) groups excluding carboxylic acids is 4. The van der Waals surface area contributed by atoms with E-state index in [0.29, 0.717) is 28.2 Å². The lowest BCUT2D eigenvalue weighted by Crippen LogP contribution is -2.49. The van der Waals surface area contributed by atoms with Gasteiger partial charge in [-0.25, -0.2) is 14.2 Å². The number of methoxy groups -OCH3 is 1. The summed E-state index contributed by atoms with van der Waals surface area (Å²) in [6.07, 6.45) is -9.26. The Morgan fingerprint density at radius 3 is 2.08 bits per heavy atom. The summed E-state index contributed by atoms with van der Waals surface area (Å²) in [5.41, 5.74) is -5.23. The van der Waals surface area contributed by atoms with Gasteiger partial charge in [0.05, 0.1) is 57.8 Å². The van der Waals surface area contributed by atoms with Gasteiger partial charge in [0.25, 0.3) is 0 Å². The van der Waals surface area contributed by atoms with E-state index in [1.165, 1.54) is 31.4 Å². The number of hydrogen-bond donors (Lipinski definition) is 1. The van der Waals surface area contributed by atoms with Gasteiger partial charge >= 0.3 is 12.4 Å². The number of carbonyl (C=O) groups is 4. The molecule has 3 aromatic rings. The maximum absolute atomic E-state index is 14.5. The monoisotopic (exact) mass is 750 g/mol. The number of aromatic hydroxyl groups is 1. The van der Waals surface area contributed by atoms with Crippen molar-refractivity contribution in [1.29, 1.82) is 0 Å². The molecule has 16 heteroatoms. The van der Waals surface area contributed by atoms with Gasteiger partial charge in [0.2, 0.25) is 23.6 Å². The molecule has 272 valence electrons. The number of nitrogens with zero attached hydrogens (tertiary/aromatic N) is 2. The normalized spacial score (nSPS) is 27.4. The summed E-state index contributed by atoms with van der Waals surface area (Å²) in [5.74, 6) is -10.2. The van der Waals surface area contributed by atoms with Crippen LogP contribution in [-0.4, -0.2) is 35.8 Å². The molecule has 0 bridgehead atoms. The van der Waals surface area contributed by atoms with Crippen LogP contribution in [-0.2, 0) is 31.5 Å². The smallest absolute Gasteiger partial charge is 0.416 e. The van der Waals surface area contributed by atoms with Gasteiger partial charge in [-0.3, -0.25) is 19.2 Å². The van der Waals surface area contributed by atoms with E-state index in [4.69, 9.17) is 16.3 Å². The molecule has 2 saturated heterocycles. The molecule has 0 spiro atoms. The van der Waals surface area contributed by atoms with Gasteiger partial charge in [-0.1, -0.05) is 29.3 Å². The summed E-state index contributed by atoms with van der Waals surface area (Å²) in [7, 11) is 1.30. The highest BCUT2D eigenvalue weighted by atomic mass is 35.5. The molecule has 4 amide bonds. The summed E-state index contributed by atoms with van der Waals surface area (Å²) < 4.78 is 102. The largest absolute Gasteiger partial charge is 0.508 e. The van der Waals surface area contributed by atoms with Crippen LogP contribution < -0.4 is 14.5 Å². The van der Waals surface area contributed by atoms with E-state index in [9.17, 15) is 55.0 Å². The highest BCUT2D eigenvalue weighted by molar-refractivity contribution is 6.32. The van der Waals surface area contributed by atoms with Gasteiger partial charge in [0.1, 0.15) is 17.3 Å². The minimum Gasteiger partial charge on any atom is -0.508 e. The van der Waals surface area contributed by atoms with Crippen molar-refractivity contribution < 1.29 is 59.8 Å². The van der Waals surface area contributed by atoms with Gasteiger partial charge < -0.3 is 9.84 Å². The van der Waals surface area contributed by atoms with Crippen molar-refractivity contribution >= 4 is 46.6 Å². The Bertz CT molecular complexity index is 2080. The highest BCUT2D eigenvalue weighted by Crippen LogP contribution is 2.64. The topological polar surface area (TPSA) is 104 Å². The lowest BCUT2D eigenvalue weighted by Gasteiger charge is -2.49. The minimum atomic E-state index is -5.25. The van der Waals surface area contributed by atoms with E-state index in [-0.39, 0.29) is 41.1 Å². The number of anilines is 2. The Morgan fingerprint density at radius 1 is 0.827 bits per heavy atom. The van der Waals surface area contributed by atoms with Crippen molar-refractivity contribution in [2.45, 2.75) is 38.0 Å². The number of hydrogen-bond acceptors (Lipinski definition) is 6. The number of benzene rings is 3. The number of ether oxygens (including phenoxy) is 1. The van der Waals surface area contributed by atoms with Crippen molar-refractivity contribution in [2.75, 3.05) is 16.9 Å². The van der Waals surface area contributed by atoms with Crippen LogP contribution in [0.25, 0.3) is 0 Å². The number of allylic oxidation sites excluding steroid dienone is 2. The fourth-order valence-corrected chi connectivity index (χ4v) is 8.66. The van der Waals surface area contributed by atoms with Crippen LogP contribution in [0.1, 0.15) is 42.4 Å². The predicted molar refractivity (Wildman–Crippen MR) is 170 cm³/mol. The molecule has 2 aliphatic heterocycles. The lowest BCUT2D eigenvalue weighted by atomic mass is 9.51. The third kappa shape index (κ3) is 5.18. The number of alkyl halides is 6. The Morgan fingerprint density at radius 2 is 1.48 bits per heavy atom. The summed E-state index contributed by atoms with van der Waals surface area (Å²) in [5, 5.41) is 9.88.